The van der Waals surface area contributed by atoms with E-state index >= 15 is 0 Å². The summed E-state index contributed by atoms with van der Waals surface area (Å²) in [7, 11) is 0. The van der Waals surface area contributed by atoms with Gasteiger partial charge < -0.3 is 4.84 Å². The van der Waals surface area contributed by atoms with E-state index in [2.05, 4.69) is 36.3 Å². The predicted molar refractivity (Wildman–Crippen MR) is 109 cm³/mol. The molecule has 2 saturated carbocycles. The normalized spacial score (nSPS) is 34.3. The number of rotatable bonds is 2. The molecular weight excluding hydrogens is 388 g/mol. The van der Waals surface area contributed by atoms with Crippen LogP contribution in [0, 0.1) is 36.5 Å². The van der Waals surface area contributed by atoms with Gasteiger partial charge >= 0.3 is 0 Å². The van der Waals surface area contributed by atoms with Crippen LogP contribution in [-0.2, 0) is 14.4 Å². The number of amides is 2. The largest absolute Gasteiger partial charge is 0.391 e. The third-order valence-corrected chi connectivity index (χ3v) is 7.37. The summed E-state index contributed by atoms with van der Waals surface area (Å²) in [5.41, 5.74) is 3.74. The SMILES string of the molecule is Cc1ccc(C2=NO[C@H]3[C@@H]4C[C@@H]([C@@H]23)[C@H]2C(=O)N(c3ccc(Cl)cc3)C(=O)[C@H]42)cc1. The minimum Gasteiger partial charge on any atom is -0.391 e. The summed E-state index contributed by atoms with van der Waals surface area (Å²) in [5.74, 6) is -0.601. The van der Waals surface area contributed by atoms with Crippen LogP contribution in [0.3, 0.4) is 0 Å². The summed E-state index contributed by atoms with van der Waals surface area (Å²) in [5, 5.41) is 4.97. The molecule has 2 aromatic carbocycles. The minimum atomic E-state index is -0.308. The highest BCUT2D eigenvalue weighted by Gasteiger charge is 2.70. The smallest absolute Gasteiger partial charge is 0.238 e. The van der Waals surface area contributed by atoms with Gasteiger partial charge in [0.2, 0.25) is 11.8 Å². The van der Waals surface area contributed by atoms with E-state index in [9.17, 15) is 9.59 Å². The molecule has 0 spiro atoms. The molecule has 2 aromatic rings. The average molecular weight is 407 g/mol. The molecule has 2 bridgehead atoms. The zero-order chi connectivity index (χ0) is 19.9. The van der Waals surface area contributed by atoms with Crippen molar-refractivity contribution in [3.8, 4) is 0 Å². The summed E-state index contributed by atoms with van der Waals surface area (Å²) < 4.78 is 0. The monoisotopic (exact) mass is 406 g/mol. The number of anilines is 1. The average Bonchev–Trinajstić information content (AvgIpc) is 3.44. The number of carbonyl (C=O) groups excluding carboxylic acids is 2. The fourth-order valence-electron chi connectivity index (χ4n) is 5.93. The molecule has 0 aromatic heterocycles. The number of oxime groups is 1. The standard InChI is InChI=1S/C23H19ClN2O3/c1-11-2-4-12(5-3-11)20-19-15-10-16(21(19)29-25-20)18-17(15)22(27)26(23(18)28)14-8-6-13(24)7-9-14/h2-9,15-19,21H,10H2,1H3/t15-,16-,17-,18-,19+,21+/m1/s1. The molecule has 0 N–H and O–H groups in total. The first-order chi connectivity index (χ1) is 14.0. The van der Waals surface area contributed by atoms with Crippen molar-refractivity contribution in [1.29, 1.82) is 0 Å². The fraction of sp³-hybridized carbons (Fsp3) is 0.348. The summed E-state index contributed by atoms with van der Waals surface area (Å²) in [6.07, 6.45) is 0.737. The zero-order valence-corrected chi connectivity index (χ0v) is 16.5. The van der Waals surface area contributed by atoms with E-state index in [-0.39, 0.29) is 47.5 Å². The fourth-order valence-corrected chi connectivity index (χ4v) is 6.06. The summed E-state index contributed by atoms with van der Waals surface area (Å²) >= 11 is 5.97. The Kier molecular flexibility index (Phi) is 3.52. The van der Waals surface area contributed by atoms with Crippen molar-refractivity contribution in [2.45, 2.75) is 19.4 Å². The number of hydrogen-bond acceptors (Lipinski definition) is 4. The quantitative estimate of drug-likeness (QED) is 0.712. The van der Waals surface area contributed by atoms with Gasteiger partial charge in [0.1, 0.15) is 6.10 Å². The van der Waals surface area contributed by atoms with Crippen LogP contribution >= 0.6 is 11.6 Å². The lowest BCUT2D eigenvalue weighted by Gasteiger charge is -2.29. The molecule has 5 nitrogen and oxygen atoms in total. The Morgan fingerprint density at radius 1 is 0.931 bits per heavy atom. The van der Waals surface area contributed by atoms with Crippen molar-refractivity contribution in [3.63, 3.8) is 0 Å². The van der Waals surface area contributed by atoms with Crippen molar-refractivity contribution in [2.24, 2.45) is 34.7 Å². The minimum absolute atomic E-state index is 0.0375. The van der Waals surface area contributed by atoms with Crippen molar-refractivity contribution in [2.75, 3.05) is 4.90 Å². The molecule has 2 aliphatic heterocycles. The highest BCUT2D eigenvalue weighted by molar-refractivity contribution is 6.31. The lowest BCUT2D eigenvalue weighted by Crippen LogP contribution is -2.41. The Bertz CT molecular complexity index is 1060. The Morgan fingerprint density at radius 3 is 2.28 bits per heavy atom. The van der Waals surface area contributed by atoms with Crippen molar-refractivity contribution >= 4 is 34.8 Å². The molecule has 146 valence electrons. The molecule has 6 heteroatoms. The zero-order valence-electron chi connectivity index (χ0n) is 15.8. The Hall–Kier alpha value is -2.66. The number of benzene rings is 2. The third-order valence-electron chi connectivity index (χ3n) is 7.12. The second-order valence-electron chi connectivity index (χ2n) is 8.54. The van der Waals surface area contributed by atoms with Gasteiger partial charge in [0, 0.05) is 16.9 Å². The van der Waals surface area contributed by atoms with Crippen molar-refractivity contribution in [3.05, 3.63) is 64.7 Å². The van der Waals surface area contributed by atoms with Gasteiger partial charge in [-0.1, -0.05) is 46.6 Å². The van der Waals surface area contributed by atoms with E-state index in [4.69, 9.17) is 16.4 Å². The Morgan fingerprint density at radius 2 is 1.59 bits per heavy atom. The van der Waals surface area contributed by atoms with Gasteiger partial charge in [0.25, 0.3) is 0 Å². The number of fused-ring (bicyclic) bond motifs is 8. The van der Waals surface area contributed by atoms with Crippen LogP contribution in [0.25, 0.3) is 0 Å². The van der Waals surface area contributed by atoms with E-state index < -0.39 is 0 Å². The van der Waals surface area contributed by atoms with E-state index in [0.717, 1.165) is 17.7 Å². The van der Waals surface area contributed by atoms with Gasteiger partial charge in [-0.15, -0.1) is 0 Å². The molecule has 6 atom stereocenters. The van der Waals surface area contributed by atoms with Crippen molar-refractivity contribution < 1.29 is 14.4 Å². The molecule has 3 fully saturated rings. The number of nitrogens with zero attached hydrogens (tertiary/aromatic N) is 2. The highest BCUT2D eigenvalue weighted by Crippen LogP contribution is 2.62. The second-order valence-corrected chi connectivity index (χ2v) is 8.98. The van der Waals surface area contributed by atoms with Crippen LogP contribution in [0.4, 0.5) is 5.69 Å². The first-order valence-electron chi connectivity index (χ1n) is 9.99. The van der Waals surface area contributed by atoms with E-state index in [0.29, 0.717) is 10.7 Å². The van der Waals surface area contributed by atoms with Crippen LogP contribution in [0.2, 0.25) is 5.02 Å². The molecule has 2 heterocycles. The molecule has 0 unspecified atom stereocenters. The van der Waals surface area contributed by atoms with Gasteiger partial charge in [0.15, 0.2) is 0 Å². The molecule has 1 saturated heterocycles. The maximum absolute atomic E-state index is 13.3. The lowest BCUT2D eigenvalue weighted by atomic mass is 9.71. The molecule has 4 aliphatic rings. The molecule has 6 rings (SSSR count). The van der Waals surface area contributed by atoms with Crippen LogP contribution in [0.15, 0.2) is 53.7 Å². The van der Waals surface area contributed by atoms with Gasteiger partial charge in [0.05, 0.1) is 23.2 Å². The molecule has 2 aliphatic carbocycles. The topological polar surface area (TPSA) is 59.0 Å². The predicted octanol–water partition coefficient (Wildman–Crippen LogP) is 3.82. The maximum Gasteiger partial charge on any atom is 0.238 e. The summed E-state index contributed by atoms with van der Waals surface area (Å²) in [6, 6.07) is 15.1. The Balaban J connectivity index is 1.35. The summed E-state index contributed by atoms with van der Waals surface area (Å²) in [6.45, 7) is 2.05. The van der Waals surface area contributed by atoms with Gasteiger partial charge in [-0.3, -0.25) is 14.5 Å². The molecule has 2 amide bonds. The van der Waals surface area contributed by atoms with Gasteiger partial charge in [-0.25, -0.2) is 0 Å². The lowest BCUT2D eigenvalue weighted by molar-refractivity contribution is -0.125. The maximum atomic E-state index is 13.3. The molecule has 29 heavy (non-hydrogen) atoms. The number of hydrogen-bond donors (Lipinski definition) is 0. The Labute approximate surface area is 173 Å². The molecular formula is C23H19ClN2O3. The number of halogens is 1. The van der Waals surface area contributed by atoms with Crippen LogP contribution < -0.4 is 4.90 Å². The van der Waals surface area contributed by atoms with Crippen LogP contribution in [0.1, 0.15) is 17.5 Å². The summed E-state index contributed by atoms with van der Waals surface area (Å²) in [4.78, 5) is 33.8. The number of carbonyl (C=O) groups is 2. The van der Waals surface area contributed by atoms with Gasteiger partial charge in [-0.2, -0.15) is 0 Å². The van der Waals surface area contributed by atoms with Crippen LogP contribution in [0.5, 0.6) is 0 Å². The van der Waals surface area contributed by atoms with E-state index in [1.54, 1.807) is 24.3 Å². The van der Waals surface area contributed by atoms with Crippen molar-refractivity contribution in [1.82, 2.24) is 0 Å². The third kappa shape index (κ3) is 2.25. The first kappa shape index (κ1) is 17.2. The highest BCUT2D eigenvalue weighted by atomic mass is 35.5. The van der Waals surface area contributed by atoms with Gasteiger partial charge in [-0.05, 0) is 49.1 Å². The number of aryl methyl sites for hydroxylation is 1. The van der Waals surface area contributed by atoms with Crippen LogP contribution in [-0.4, -0.2) is 23.6 Å². The second kappa shape index (κ2) is 5.92. The number of imide groups is 1. The van der Waals surface area contributed by atoms with E-state index in [1.165, 1.54) is 10.5 Å². The first-order valence-corrected chi connectivity index (χ1v) is 10.4. The van der Waals surface area contributed by atoms with E-state index in [1.807, 2.05) is 0 Å². The molecule has 0 radical (unpaired) electrons.